The predicted molar refractivity (Wildman–Crippen MR) is 127 cm³/mol. The van der Waals surface area contributed by atoms with Crippen LogP contribution in [0, 0.1) is 35.3 Å². The number of rotatable bonds is 7. The van der Waals surface area contributed by atoms with Crippen molar-refractivity contribution in [3.63, 3.8) is 0 Å². The van der Waals surface area contributed by atoms with Crippen molar-refractivity contribution in [3.05, 3.63) is 93.0 Å². The predicted octanol–water partition coefficient (Wildman–Crippen LogP) is 4.72. The van der Waals surface area contributed by atoms with E-state index in [2.05, 4.69) is 15.2 Å². The van der Waals surface area contributed by atoms with Crippen LogP contribution in [0.1, 0.15) is 29.2 Å². The van der Waals surface area contributed by atoms with Gasteiger partial charge in [-0.15, -0.1) is 0 Å². The first kappa shape index (κ1) is 23.4. The van der Waals surface area contributed by atoms with E-state index in [-0.39, 0.29) is 16.3 Å². The molecule has 0 saturated carbocycles. The lowest BCUT2D eigenvalue weighted by Crippen LogP contribution is -2.16. The Morgan fingerprint density at radius 1 is 1.03 bits per heavy atom. The second-order valence-corrected chi connectivity index (χ2v) is 9.01. The summed E-state index contributed by atoms with van der Waals surface area (Å²) in [4.78, 5) is 10.3. The maximum absolute atomic E-state index is 13.2. The van der Waals surface area contributed by atoms with Crippen molar-refractivity contribution in [1.29, 1.82) is 5.26 Å². The van der Waals surface area contributed by atoms with Gasteiger partial charge in [0.1, 0.15) is 4.90 Å². The molecule has 0 radical (unpaired) electrons. The van der Waals surface area contributed by atoms with E-state index in [1.807, 2.05) is 19.1 Å². The molecular formula is C23H21N5O4S. The molecule has 3 aromatic carbocycles. The Morgan fingerprint density at radius 2 is 1.70 bits per heavy atom. The number of hydrazone groups is 1. The number of nitro groups is 1. The molecular weight excluding hydrogens is 442 g/mol. The Morgan fingerprint density at radius 3 is 2.30 bits per heavy atom. The lowest BCUT2D eigenvalue weighted by atomic mass is 10.1. The van der Waals surface area contributed by atoms with Gasteiger partial charge >= 0.3 is 0 Å². The zero-order valence-corrected chi connectivity index (χ0v) is 19.0. The molecule has 0 atom stereocenters. The number of hydrogen-bond donors (Lipinski definition) is 2. The van der Waals surface area contributed by atoms with E-state index in [1.54, 1.807) is 50.2 Å². The van der Waals surface area contributed by atoms with Crippen molar-refractivity contribution in [1.82, 2.24) is 0 Å². The Bertz CT molecular complexity index is 1390. The third-order valence-corrected chi connectivity index (χ3v) is 6.27. The number of aryl methyl sites for hydroxylation is 2. The van der Waals surface area contributed by atoms with Crippen LogP contribution in [0.25, 0.3) is 0 Å². The highest BCUT2D eigenvalue weighted by molar-refractivity contribution is 7.92. The molecule has 0 spiro atoms. The molecule has 168 valence electrons. The van der Waals surface area contributed by atoms with Gasteiger partial charge in [0.25, 0.3) is 15.7 Å². The molecule has 0 fully saturated rings. The van der Waals surface area contributed by atoms with Crippen LogP contribution >= 0.6 is 0 Å². The van der Waals surface area contributed by atoms with Crippen molar-refractivity contribution in [2.45, 2.75) is 25.7 Å². The minimum Gasteiger partial charge on any atom is -0.279 e. The number of anilines is 2. The average Bonchev–Trinajstić information content (AvgIpc) is 2.79. The van der Waals surface area contributed by atoms with E-state index in [4.69, 9.17) is 5.26 Å². The third kappa shape index (κ3) is 5.53. The second kappa shape index (κ2) is 9.50. The number of sulfonamides is 1. The molecule has 0 aliphatic carbocycles. The molecule has 33 heavy (non-hydrogen) atoms. The highest BCUT2D eigenvalue weighted by Gasteiger charge is 2.23. The van der Waals surface area contributed by atoms with Crippen LogP contribution in [0.3, 0.4) is 0 Å². The van der Waals surface area contributed by atoms with Crippen LogP contribution in [-0.4, -0.2) is 19.1 Å². The van der Waals surface area contributed by atoms with E-state index in [0.717, 1.165) is 17.2 Å². The molecule has 0 aromatic heterocycles. The van der Waals surface area contributed by atoms with Crippen LogP contribution in [0.5, 0.6) is 0 Å². The number of nitrogens with zero attached hydrogens (tertiary/aromatic N) is 3. The summed E-state index contributed by atoms with van der Waals surface area (Å²) < 4.78 is 28.8. The normalized spacial score (nSPS) is 11.5. The molecule has 0 saturated heterocycles. The van der Waals surface area contributed by atoms with Gasteiger partial charge in [0.15, 0.2) is 0 Å². The largest absolute Gasteiger partial charge is 0.279 e. The second-order valence-electron chi connectivity index (χ2n) is 7.36. The van der Waals surface area contributed by atoms with Gasteiger partial charge in [-0.1, -0.05) is 29.8 Å². The lowest BCUT2D eigenvalue weighted by Gasteiger charge is -2.14. The van der Waals surface area contributed by atoms with Crippen LogP contribution in [0.15, 0.2) is 70.7 Å². The van der Waals surface area contributed by atoms with Gasteiger partial charge in [-0.25, -0.2) is 8.42 Å². The Balaban J connectivity index is 1.98. The number of nitrogens with one attached hydrogen (secondary N) is 2. The molecule has 9 nitrogen and oxygen atoms in total. The van der Waals surface area contributed by atoms with E-state index in [1.165, 1.54) is 12.1 Å². The van der Waals surface area contributed by atoms with Gasteiger partial charge in [0.05, 0.1) is 33.6 Å². The number of hydrogen-bond acceptors (Lipinski definition) is 7. The maximum atomic E-state index is 13.2. The Hall–Kier alpha value is -4.23. The summed E-state index contributed by atoms with van der Waals surface area (Å²) in [5.74, 6) is 0. The minimum absolute atomic E-state index is 0.0749. The summed E-state index contributed by atoms with van der Waals surface area (Å²) in [5.41, 5.74) is 6.23. The Labute approximate surface area is 191 Å². The van der Waals surface area contributed by atoms with Crippen LogP contribution in [-0.2, 0) is 10.0 Å². The minimum atomic E-state index is -4.18. The maximum Gasteiger partial charge on any atom is 0.270 e. The summed E-state index contributed by atoms with van der Waals surface area (Å²) in [6, 6.07) is 17.5. The summed E-state index contributed by atoms with van der Waals surface area (Å²) in [7, 11) is -4.18. The first-order chi connectivity index (χ1) is 15.6. The van der Waals surface area contributed by atoms with E-state index < -0.39 is 14.9 Å². The molecule has 0 bridgehead atoms. The summed E-state index contributed by atoms with van der Waals surface area (Å²) >= 11 is 0. The van der Waals surface area contributed by atoms with Crippen molar-refractivity contribution in [2.24, 2.45) is 5.10 Å². The molecule has 2 N–H and O–H groups in total. The zero-order valence-electron chi connectivity index (χ0n) is 18.2. The summed E-state index contributed by atoms with van der Waals surface area (Å²) in [5, 5.41) is 24.4. The first-order valence-electron chi connectivity index (χ1n) is 9.80. The molecule has 10 heteroatoms. The van der Waals surface area contributed by atoms with Gasteiger partial charge in [0, 0.05) is 12.1 Å². The van der Waals surface area contributed by atoms with Gasteiger partial charge in [-0.05, 0) is 56.2 Å². The molecule has 0 aliphatic heterocycles. The monoisotopic (exact) mass is 463 g/mol. The van der Waals surface area contributed by atoms with Crippen molar-refractivity contribution in [3.8, 4) is 6.07 Å². The van der Waals surface area contributed by atoms with Crippen LogP contribution < -0.4 is 10.1 Å². The molecule has 3 aromatic rings. The number of nitriles is 1. The smallest absolute Gasteiger partial charge is 0.270 e. The van der Waals surface area contributed by atoms with Gasteiger partial charge in [-0.2, -0.15) is 10.4 Å². The van der Waals surface area contributed by atoms with Gasteiger partial charge in [-0.3, -0.25) is 20.3 Å². The van der Waals surface area contributed by atoms with Gasteiger partial charge < -0.3 is 0 Å². The number of nitro benzene ring substituents is 1. The van der Waals surface area contributed by atoms with E-state index in [0.29, 0.717) is 22.5 Å². The number of benzene rings is 3. The van der Waals surface area contributed by atoms with Gasteiger partial charge in [0.2, 0.25) is 0 Å². The third-order valence-electron chi connectivity index (χ3n) is 4.87. The highest BCUT2D eigenvalue weighted by atomic mass is 32.2. The molecule has 3 rings (SSSR count). The Kier molecular flexibility index (Phi) is 6.75. The van der Waals surface area contributed by atoms with Crippen LogP contribution in [0.2, 0.25) is 0 Å². The molecule has 0 amide bonds. The standard InChI is InChI=1S/C23H21N5O4S/c1-15-4-10-21(16(2)12-15)27-33(31,32)23-13-20(28(29)30)9-11-22(23)26-25-17(3)19-7-5-18(14-24)6-8-19/h4-13,26-27H,1-3H3. The fourth-order valence-electron chi connectivity index (χ4n) is 3.06. The van der Waals surface area contributed by atoms with E-state index in [9.17, 15) is 18.5 Å². The average molecular weight is 464 g/mol. The first-order valence-corrected chi connectivity index (χ1v) is 11.3. The van der Waals surface area contributed by atoms with Crippen molar-refractivity contribution < 1.29 is 13.3 Å². The number of non-ortho nitro benzene ring substituents is 1. The van der Waals surface area contributed by atoms with Crippen LogP contribution in [0.4, 0.5) is 17.1 Å². The highest BCUT2D eigenvalue weighted by Crippen LogP contribution is 2.29. The fourth-order valence-corrected chi connectivity index (χ4v) is 4.37. The van der Waals surface area contributed by atoms with Crippen molar-refractivity contribution >= 4 is 32.8 Å². The quantitative estimate of drug-likeness (QED) is 0.295. The molecule has 0 unspecified atom stereocenters. The zero-order chi connectivity index (χ0) is 24.2. The summed E-state index contributed by atoms with van der Waals surface area (Å²) in [6.45, 7) is 5.37. The summed E-state index contributed by atoms with van der Waals surface area (Å²) in [6.07, 6.45) is 0. The SMILES string of the molecule is CC(=NNc1ccc([N+](=O)[O-])cc1S(=O)(=O)Nc1ccc(C)cc1C)c1ccc(C#N)cc1. The lowest BCUT2D eigenvalue weighted by molar-refractivity contribution is -0.385. The topological polar surface area (TPSA) is 137 Å². The molecule has 0 aliphatic rings. The van der Waals surface area contributed by atoms with E-state index >= 15 is 0 Å². The molecule has 0 heterocycles. The fraction of sp³-hybridized carbons (Fsp3) is 0.130. The van der Waals surface area contributed by atoms with Crippen molar-refractivity contribution in [2.75, 3.05) is 10.1 Å².